The molecule has 0 spiro atoms. The van der Waals surface area contributed by atoms with Gasteiger partial charge in [-0.05, 0) is 15.9 Å². The predicted octanol–water partition coefficient (Wildman–Crippen LogP) is 0.484. The number of halogens is 1. The quantitative estimate of drug-likeness (QED) is 0.820. The molecule has 3 N–H and O–H groups in total. The molecule has 1 atom stereocenters. The van der Waals surface area contributed by atoms with Gasteiger partial charge in [-0.3, -0.25) is 4.40 Å². The molecule has 6 heteroatoms. The molecule has 0 aliphatic rings. The fourth-order valence-corrected chi connectivity index (χ4v) is 1.60. The van der Waals surface area contributed by atoms with Gasteiger partial charge in [0.1, 0.15) is 12.4 Å². The maximum absolute atomic E-state index is 9.48. The molecule has 2 aromatic heterocycles. The maximum Gasteiger partial charge on any atom is 0.154 e. The molecule has 5 nitrogen and oxygen atoms in total. The van der Waals surface area contributed by atoms with Gasteiger partial charge in [-0.25, -0.2) is 9.97 Å². The van der Waals surface area contributed by atoms with Crippen molar-refractivity contribution in [1.82, 2.24) is 14.4 Å². The minimum atomic E-state index is -0.721. The Labute approximate surface area is 88.7 Å². The van der Waals surface area contributed by atoms with Crippen molar-refractivity contribution >= 4 is 21.6 Å². The van der Waals surface area contributed by atoms with Gasteiger partial charge < -0.3 is 10.8 Å². The average molecular weight is 257 g/mol. The van der Waals surface area contributed by atoms with E-state index in [1.807, 2.05) is 0 Å². The second-order valence-electron chi connectivity index (χ2n) is 2.89. The summed E-state index contributed by atoms with van der Waals surface area (Å²) in [5.74, 6) is 0. The predicted molar refractivity (Wildman–Crippen MR) is 54.7 cm³/mol. The molecule has 2 heterocycles. The summed E-state index contributed by atoms with van der Waals surface area (Å²) in [5, 5.41) is 9.48. The van der Waals surface area contributed by atoms with E-state index in [2.05, 4.69) is 25.9 Å². The normalized spacial score (nSPS) is 13.4. The molecule has 1 unspecified atom stereocenters. The molecule has 0 amide bonds. The Kier molecular flexibility index (Phi) is 2.49. The zero-order chi connectivity index (χ0) is 10.1. The first-order valence-electron chi connectivity index (χ1n) is 4.08. The molecule has 0 radical (unpaired) electrons. The summed E-state index contributed by atoms with van der Waals surface area (Å²) in [6, 6.07) is 0. The van der Waals surface area contributed by atoms with Crippen LogP contribution >= 0.6 is 15.9 Å². The minimum absolute atomic E-state index is 0.162. The molecule has 0 fully saturated rings. The number of nitrogens with two attached hydrogens (primary N) is 1. The number of hydrogen-bond acceptors (Lipinski definition) is 4. The summed E-state index contributed by atoms with van der Waals surface area (Å²) < 4.78 is 2.52. The number of imidazole rings is 1. The Morgan fingerprint density at radius 2 is 2.43 bits per heavy atom. The Balaban J connectivity index is 2.56. The van der Waals surface area contributed by atoms with Crippen molar-refractivity contribution in [3.8, 4) is 0 Å². The van der Waals surface area contributed by atoms with Gasteiger partial charge in [0, 0.05) is 18.9 Å². The number of aromatic nitrogens is 3. The highest BCUT2D eigenvalue weighted by molar-refractivity contribution is 9.10. The molecule has 14 heavy (non-hydrogen) atoms. The second-order valence-corrected chi connectivity index (χ2v) is 3.74. The van der Waals surface area contributed by atoms with E-state index in [1.54, 1.807) is 23.1 Å². The average Bonchev–Trinajstić information content (AvgIpc) is 2.62. The maximum atomic E-state index is 9.48. The van der Waals surface area contributed by atoms with Gasteiger partial charge in [-0.2, -0.15) is 0 Å². The van der Waals surface area contributed by atoms with Crippen LogP contribution in [-0.4, -0.2) is 26.0 Å². The van der Waals surface area contributed by atoms with Gasteiger partial charge in [0.05, 0.1) is 10.2 Å². The van der Waals surface area contributed by atoms with Gasteiger partial charge in [0.25, 0.3) is 0 Å². The zero-order valence-electron chi connectivity index (χ0n) is 7.26. The van der Waals surface area contributed by atoms with E-state index in [9.17, 15) is 5.11 Å². The van der Waals surface area contributed by atoms with Crippen LogP contribution in [0, 0.1) is 0 Å². The van der Waals surface area contributed by atoms with Crippen molar-refractivity contribution in [1.29, 1.82) is 0 Å². The van der Waals surface area contributed by atoms with Gasteiger partial charge in [-0.1, -0.05) is 0 Å². The highest BCUT2D eigenvalue weighted by Crippen LogP contribution is 2.18. The number of aliphatic hydroxyl groups excluding tert-OH is 1. The lowest BCUT2D eigenvalue weighted by Crippen LogP contribution is -2.11. The number of rotatable bonds is 2. The van der Waals surface area contributed by atoms with E-state index in [4.69, 9.17) is 5.73 Å². The SMILES string of the molecule is NCC(O)c1cn2cncc(Br)c2n1. The van der Waals surface area contributed by atoms with Crippen LogP contribution < -0.4 is 5.73 Å². The van der Waals surface area contributed by atoms with Crippen LogP contribution in [0.5, 0.6) is 0 Å². The van der Waals surface area contributed by atoms with Gasteiger partial charge >= 0.3 is 0 Å². The first-order chi connectivity index (χ1) is 6.72. The monoisotopic (exact) mass is 256 g/mol. The number of fused-ring (bicyclic) bond motifs is 1. The molecule has 0 bridgehead atoms. The first-order valence-corrected chi connectivity index (χ1v) is 4.88. The molecule has 0 aromatic carbocycles. The van der Waals surface area contributed by atoms with E-state index in [1.165, 1.54) is 0 Å². The first kappa shape index (κ1) is 9.57. The topological polar surface area (TPSA) is 76.4 Å². The summed E-state index contributed by atoms with van der Waals surface area (Å²) in [6.45, 7) is 0.162. The summed E-state index contributed by atoms with van der Waals surface area (Å²) in [4.78, 5) is 8.20. The second kappa shape index (κ2) is 3.64. The lowest BCUT2D eigenvalue weighted by atomic mass is 10.3. The summed E-state index contributed by atoms with van der Waals surface area (Å²) in [5.41, 5.74) is 6.62. The molecule has 2 rings (SSSR count). The third-order valence-corrected chi connectivity index (χ3v) is 2.47. The van der Waals surface area contributed by atoms with Crippen LogP contribution in [0.15, 0.2) is 23.2 Å². The molecule has 2 aromatic rings. The van der Waals surface area contributed by atoms with Crippen LogP contribution in [0.25, 0.3) is 5.65 Å². The fourth-order valence-electron chi connectivity index (χ4n) is 1.19. The van der Waals surface area contributed by atoms with Crippen molar-refractivity contribution < 1.29 is 5.11 Å². The third kappa shape index (κ3) is 1.52. The van der Waals surface area contributed by atoms with Crippen LogP contribution in [-0.2, 0) is 0 Å². The third-order valence-electron chi connectivity index (χ3n) is 1.91. The number of nitrogens with zero attached hydrogens (tertiary/aromatic N) is 3. The van der Waals surface area contributed by atoms with Crippen LogP contribution in [0.4, 0.5) is 0 Å². The zero-order valence-corrected chi connectivity index (χ0v) is 8.85. The fraction of sp³-hybridized carbons (Fsp3) is 0.250. The molecular formula is C8H9BrN4O. The number of aliphatic hydroxyl groups is 1. The molecule has 0 aliphatic carbocycles. The minimum Gasteiger partial charge on any atom is -0.385 e. The van der Waals surface area contributed by atoms with Crippen molar-refractivity contribution in [3.63, 3.8) is 0 Å². The summed E-state index contributed by atoms with van der Waals surface area (Å²) in [7, 11) is 0. The van der Waals surface area contributed by atoms with E-state index in [-0.39, 0.29) is 6.54 Å². The summed E-state index contributed by atoms with van der Waals surface area (Å²) >= 11 is 3.32. The Bertz CT molecular complexity index is 456. The van der Waals surface area contributed by atoms with Crippen molar-refractivity contribution in [2.75, 3.05) is 6.54 Å². The molecule has 0 aliphatic heterocycles. The van der Waals surface area contributed by atoms with E-state index < -0.39 is 6.10 Å². The van der Waals surface area contributed by atoms with Crippen molar-refractivity contribution in [2.45, 2.75) is 6.10 Å². The highest BCUT2D eigenvalue weighted by Gasteiger charge is 2.11. The lowest BCUT2D eigenvalue weighted by molar-refractivity contribution is 0.182. The standard InChI is InChI=1S/C8H9BrN4O/c9-5-2-11-4-13-3-6(7(14)1-10)12-8(5)13/h2-4,7,14H,1,10H2. The molecule has 74 valence electrons. The van der Waals surface area contributed by atoms with Crippen LogP contribution in [0.2, 0.25) is 0 Å². The van der Waals surface area contributed by atoms with E-state index >= 15 is 0 Å². The van der Waals surface area contributed by atoms with Gasteiger partial charge in [0.2, 0.25) is 0 Å². The lowest BCUT2D eigenvalue weighted by Gasteiger charge is -2.00. The van der Waals surface area contributed by atoms with Crippen molar-refractivity contribution in [2.24, 2.45) is 5.73 Å². The van der Waals surface area contributed by atoms with Crippen LogP contribution in [0.1, 0.15) is 11.8 Å². The Morgan fingerprint density at radius 1 is 1.64 bits per heavy atom. The van der Waals surface area contributed by atoms with E-state index in [0.717, 1.165) is 10.1 Å². The molecular weight excluding hydrogens is 248 g/mol. The number of hydrogen-bond donors (Lipinski definition) is 2. The summed E-state index contributed by atoms with van der Waals surface area (Å²) in [6.07, 6.45) is 4.27. The van der Waals surface area contributed by atoms with Gasteiger partial charge in [-0.15, -0.1) is 0 Å². The molecule has 0 saturated heterocycles. The van der Waals surface area contributed by atoms with Crippen molar-refractivity contribution in [3.05, 3.63) is 28.9 Å². The van der Waals surface area contributed by atoms with Gasteiger partial charge in [0.15, 0.2) is 5.65 Å². The largest absolute Gasteiger partial charge is 0.385 e. The van der Waals surface area contributed by atoms with Crippen LogP contribution in [0.3, 0.4) is 0 Å². The Morgan fingerprint density at radius 3 is 3.07 bits per heavy atom. The molecule has 0 saturated carbocycles. The smallest absolute Gasteiger partial charge is 0.154 e. The van der Waals surface area contributed by atoms with E-state index in [0.29, 0.717) is 5.69 Å². The highest BCUT2D eigenvalue weighted by atomic mass is 79.9. The Hall–Kier alpha value is -0.980.